The van der Waals surface area contributed by atoms with Crippen LogP contribution in [-0.4, -0.2) is 39.1 Å². The van der Waals surface area contributed by atoms with Gasteiger partial charge in [0.1, 0.15) is 12.3 Å². The van der Waals surface area contributed by atoms with Gasteiger partial charge in [0.05, 0.1) is 28.6 Å². The van der Waals surface area contributed by atoms with Crippen LogP contribution in [0.1, 0.15) is 13.3 Å². The number of carbonyl (C=O) groups excluding carboxylic acids is 2. The summed E-state index contributed by atoms with van der Waals surface area (Å²) in [5, 5.41) is 1.85. The van der Waals surface area contributed by atoms with Gasteiger partial charge in [-0.05, 0) is 31.2 Å². The Bertz CT molecular complexity index is 987. The summed E-state index contributed by atoms with van der Waals surface area (Å²) in [6.45, 7) is 1.21. The lowest BCUT2D eigenvalue weighted by Crippen LogP contribution is -2.38. The van der Waals surface area contributed by atoms with Crippen LogP contribution in [0.25, 0.3) is 0 Å². The number of nitrogens with zero attached hydrogens (tertiary/aromatic N) is 1. The molecule has 1 N–H and O–H groups in total. The summed E-state index contributed by atoms with van der Waals surface area (Å²) in [5.41, 5.74) is 0.698. The Labute approximate surface area is 157 Å². The van der Waals surface area contributed by atoms with Crippen molar-refractivity contribution in [2.24, 2.45) is 0 Å². The number of nitrogens with one attached hydrogen (secondary N) is 1. The molecule has 27 heavy (non-hydrogen) atoms. The molecule has 0 fully saturated rings. The number of amides is 2. The fourth-order valence-corrected chi connectivity index (χ4v) is 4.53. The maximum Gasteiger partial charge on any atom is 0.244 e. The summed E-state index contributed by atoms with van der Waals surface area (Å²) in [7, 11) is -2.15. The highest BCUT2D eigenvalue weighted by atomic mass is 32.2. The van der Waals surface area contributed by atoms with Crippen molar-refractivity contribution >= 4 is 33.0 Å². The third-order valence-electron chi connectivity index (χ3n) is 4.44. The first-order chi connectivity index (χ1) is 12.8. The van der Waals surface area contributed by atoms with Gasteiger partial charge in [0.2, 0.25) is 11.8 Å². The molecule has 1 aliphatic heterocycles. The Kier molecular flexibility index (Phi) is 5.18. The van der Waals surface area contributed by atoms with E-state index in [1.54, 1.807) is 42.5 Å². The van der Waals surface area contributed by atoms with Crippen LogP contribution in [0.15, 0.2) is 53.4 Å². The van der Waals surface area contributed by atoms with Crippen LogP contribution in [0.3, 0.4) is 0 Å². The average molecular weight is 388 g/mol. The quantitative estimate of drug-likeness (QED) is 0.867. The van der Waals surface area contributed by atoms with E-state index in [0.717, 1.165) is 0 Å². The van der Waals surface area contributed by atoms with Gasteiger partial charge < -0.3 is 15.0 Å². The highest BCUT2D eigenvalue weighted by Crippen LogP contribution is 2.33. The zero-order valence-electron chi connectivity index (χ0n) is 15.0. The topological polar surface area (TPSA) is 92.8 Å². The molecule has 1 atom stereocenters. The van der Waals surface area contributed by atoms with Gasteiger partial charge in [0.25, 0.3) is 0 Å². The molecule has 0 unspecified atom stereocenters. The van der Waals surface area contributed by atoms with E-state index in [9.17, 15) is 18.0 Å². The van der Waals surface area contributed by atoms with E-state index in [4.69, 9.17) is 4.74 Å². The van der Waals surface area contributed by atoms with Gasteiger partial charge >= 0.3 is 0 Å². The molecule has 0 spiro atoms. The third kappa shape index (κ3) is 3.66. The predicted molar refractivity (Wildman–Crippen MR) is 102 cm³/mol. The van der Waals surface area contributed by atoms with Crippen molar-refractivity contribution in [1.29, 1.82) is 0 Å². The van der Waals surface area contributed by atoms with Gasteiger partial charge in [-0.25, -0.2) is 8.42 Å². The predicted octanol–water partition coefficient (Wildman–Crippen LogP) is 2.23. The monoisotopic (exact) mass is 388 g/mol. The Morgan fingerprint density at radius 3 is 2.59 bits per heavy atom. The molecular formula is C19H20N2O5S. The fourth-order valence-electron chi connectivity index (χ4n) is 2.99. The molecule has 0 saturated carbocycles. The summed E-state index contributed by atoms with van der Waals surface area (Å²) in [5.74, 6) is -0.370. The second-order valence-corrected chi connectivity index (χ2v) is 8.59. The van der Waals surface area contributed by atoms with E-state index in [0.29, 0.717) is 11.4 Å². The number of para-hydroxylation sites is 3. The maximum absolute atomic E-state index is 12.7. The van der Waals surface area contributed by atoms with Gasteiger partial charge in [-0.2, -0.15) is 0 Å². The van der Waals surface area contributed by atoms with Gasteiger partial charge in [0.15, 0.2) is 9.84 Å². The number of rotatable bonds is 4. The largest absolute Gasteiger partial charge is 0.495 e. The van der Waals surface area contributed by atoms with E-state index in [1.807, 2.05) is 0 Å². The van der Waals surface area contributed by atoms with E-state index in [1.165, 1.54) is 25.0 Å². The number of methoxy groups -OCH3 is 1. The normalized spacial score (nSPS) is 18.4. The summed E-state index contributed by atoms with van der Waals surface area (Å²) in [6, 6.07) is 13.2. The SMILES string of the molecule is COc1ccccc1NC(=O)CN1C(=O)C[C@@H](C)S(=O)(=O)c2ccccc21. The van der Waals surface area contributed by atoms with Crippen molar-refractivity contribution < 1.29 is 22.7 Å². The molecule has 2 amide bonds. The zero-order valence-corrected chi connectivity index (χ0v) is 15.8. The van der Waals surface area contributed by atoms with Gasteiger partial charge in [-0.1, -0.05) is 24.3 Å². The van der Waals surface area contributed by atoms with Crippen LogP contribution in [-0.2, 0) is 19.4 Å². The van der Waals surface area contributed by atoms with E-state index in [2.05, 4.69) is 5.32 Å². The van der Waals surface area contributed by atoms with E-state index < -0.39 is 26.9 Å². The lowest BCUT2D eigenvalue weighted by Gasteiger charge is -2.22. The molecule has 3 rings (SSSR count). The standard InChI is InChI=1S/C19H20N2O5S/c1-13-11-19(23)21(15-8-4-6-10-17(15)27(13,24)25)12-18(22)20-14-7-3-5-9-16(14)26-2/h3-10,13H,11-12H2,1-2H3,(H,20,22)/t13-/m1/s1. The van der Waals surface area contributed by atoms with Gasteiger partial charge in [-0.3, -0.25) is 9.59 Å². The number of hydrogen-bond donors (Lipinski definition) is 1. The Balaban J connectivity index is 1.91. The number of anilines is 2. The first-order valence-corrected chi connectivity index (χ1v) is 9.95. The molecule has 1 heterocycles. The molecular weight excluding hydrogens is 368 g/mol. The molecule has 7 nitrogen and oxygen atoms in total. The molecule has 0 aromatic heterocycles. The van der Waals surface area contributed by atoms with Crippen LogP contribution in [0.5, 0.6) is 5.75 Å². The molecule has 0 radical (unpaired) electrons. The van der Waals surface area contributed by atoms with E-state index in [-0.39, 0.29) is 23.5 Å². The summed E-state index contributed by atoms with van der Waals surface area (Å²) < 4.78 is 30.6. The molecule has 0 aliphatic carbocycles. The lowest BCUT2D eigenvalue weighted by molar-refractivity contribution is -0.121. The van der Waals surface area contributed by atoms with Crippen LogP contribution in [0.4, 0.5) is 11.4 Å². The van der Waals surface area contributed by atoms with Gasteiger partial charge in [0, 0.05) is 6.42 Å². The highest BCUT2D eigenvalue weighted by Gasteiger charge is 2.36. The molecule has 0 saturated heterocycles. The minimum absolute atomic E-state index is 0.0634. The van der Waals surface area contributed by atoms with Gasteiger partial charge in [-0.15, -0.1) is 0 Å². The van der Waals surface area contributed by atoms with Crippen LogP contribution >= 0.6 is 0 Å². The number of benzene rings is 2. The highest BCUT2D eigenvalue weighted by molar-refractivity contribution is 7.92. The van der Waals surface area contributed by atoms with Crippen molar-refractivity contribution in [3.8, 4) is 5.75 Å². The Morgan fingerprint density at radius 2 is 1.85 bits per heavy atom. The second-order valence-electron chi connectivity index (χ2n) is 6.26. The van der Waals surface area contributed by atoms with Crippen LogP contribution in [0, 0.1) is 0 Å². The molecule has 2 aromatic carbocycles. The molecule has 142 valence electrons. The van der Waals surface area contributed by atoms with Crippen molar-refractivity contribution in [3.63, 3.8) is 0 Å². The van der Waals surface area contributed by atoms with Crippen LogP contribution in [0.2, 0.25) is 0 Å². The Hall–Kier alpha value is -2.87. The van der Waals surface area contributed by atoms with Crippen molar-refractivity contribution in [2.75, 3.05) is 23.9 Å². The van der Waals surface area contributed by atoms with Crippen molar-refractivity contribution in [2.45, 2.75) is 23.5 Å². The molecule has 0 bridgehead atoms. The summed E-state index contributed by atoms with van der Waals surface area (Å²) in [6.07, 6.45) is -0.182. The number of carbonyl (C=O) groups is 2. The molecule has 2 aromatic rings. The maximum atomic E-state index is 12.7. The molecule has 8 heteroatoms. The minimum atomic E-state index is -3.64. The summed E-state index contributed by atoms with van der Waals surface area (Å²) in [4.78, 5) is 26.5. The first-order valence-electron chi connectivity index (χ1n) is 8.40. The van der Waals surface area contributed by atoms with Crippen molar-refractivity contribution in [1.82, 2.24) is 0 Å². The smallest absolute Gasteiger partial charge is 0.244 e. The lowest BCUT2D eigenvalue weighted by atomic mass is 10.2. The molecule has 1 aliphatic rings. The van der Waals surface area contributed by atoms with Crippen molar-refractivity contribution in [3.05, 3.63) is 48.5 Å². The minimum Gasteiger partial charge on any atom is -0.495 e. The first kappa shape index (κ1) is 18.9. The number of ether oxygens (including phenoxy) is 1. The second kappa shape index (κ2) is 7.40. The average Bonchev–Trinajstić information content (AvgIpc) is 2.72. The summed E-state index contributed by atoms with van der Waals surface area (Å²) >= 11 is 0. The number of fused-ring (bicyclic) bond motifs is 1. The zero-order chi connectivity index (χ0) is 19.6. The number of hydrogen-bond acceptors (Lipinski definition) is 5. The number of sulfone groups is 1. The third-order valence-corrected chi connectivity index (χ3v) is 6.62. The van der Waals surface area contributed by atoms with Crippen LogP contribution < -0.4 is 15.0 Å². The Morgan fingerprint density at radius 1 is 1.19 bits per heavy atom. The fraction of sp³-hybridized carbons (Fsp3) is 0.263. The van der Waals surface area contributed by atoms with E-state index >= 15 is 0 Å².